The molecule has 0 spiro atoms. The molecule has 0 radical (unpaired) electrons. The first-order valence-corrected chi connectivity index (χ1v) is 4.75. The summed E-state index contributed by atoms with van der Waals surface area (Å²) in [4.78, 5) is 10.8. The third-order valence-corrected chi connectivity index (χ3v) is 2.55. The third-order valence-electron chi connectivity index (χ3n) is 2.55. The standard InChI is InChI=1S/C8H15NO7/c1-3(11)9(15)5-7(13)6(12)4(2-10)16-8(5)14/h4-10,12-14H,2H2,1H3/t4-,5-,6-,7-,8?/m1/s1. The van der Waals surface area contributed by atoms with Crippen molar-refractivity contribution in [3.05, 3.63) is 5.21 Å². The van der Waals surface area contributed by atoms with Crippen molar-refractivity contribution in [3.63, 3.8) is 0 Å². The Kier molecular flexibility index (Phi) is 4.33. The molecule has 8 nitrogen and oxygen atoms in total. The average molecular weight is 237 g/mol. The zero-order valence-electron chi connectivity index (χ0n) is 8.61. The Labute approximate surface area is 91.2 Å². The van der Waals surface area contributed by atoms with Crippen molar-refractivity contribution < 1.29 is 35.0 Å². The SMILES string of the molecule is CC(=O)[NH+]([O-])[C@H]1C(O)O[C@H](CO)[C@@H](O)[C@@H]1O. The van der Waals surface area contributed by atoms with Gasteiger partial charge in [-0.05, 0) is 0 Å². The van der Waals surface area contributed by atoms with E-state index in [1.165, 1.54) is 0 Å². The molecule has 0 bridgehead atoms. The lowest BCUT2D eigenvalue weighted by Gasteiger charge is -2.42. The second kappa shape index (κ2) is 5.15. The van der Waals surface area contributed by atoms with E-state index in [0.29, 0.717) is 0 Å². The second-order valence-electron chi connectivity index (χ2n) is 3.68. The van der Waals surface area contributed by atoms with Gasteiger partial charge in [0.1, 0.15) is 18.3 Å². The van der Waals surface area contributed by atoms with E-state index >= 15 is 0 Å². The van der Waals surface area contributed by atoms with E-state index in [0.717, 1.165) is 6.92 Å². The number of rotatable bonds is 2. The van der Waals surface area contributed by atoms with Gasteiger partial charge in [-0.15, -0.1) is 0 Å². The van der Waals surface area contributed by atoms with Gasteiger partial charge < -0.3 is 35.4 Å². The molecule has 0 aliphatic carbocycles. The predicted molar refractivity (Wildman–Crippen MR) is 48.8 cm³/mol. The van der Waals surface area contributed by atoms with Crippen LogP contribution < -0.4 is 5.06 Å². The molecular weight excluding hydrogens is 222 g/mol. The van der Waals surface area contributed by atoms with Crippen LogP contribution in [0.4, 0.5) is 0 Å². The van der Waals surface area contributed by atoms with E-state index < -0.39 is 48.2 Å². The molecular formula is C8H15NO7. The van der Waals surface area contributed by atoms with Gasteiger partial charge in [-0.25, -0.2) is 4.79 Å². The van der Waals surface area contributed by atoms with E-state index in [1.54, 1.807) is 0 Å². The summed E-state index contributed by atoms with van der Waals surface area (Å²) < 4.78 is 4.72. The maximum atomic E-state index is 11.3. The summed E-state index contributed by atoms with van der Waals surface area (Å²) in [5, 5.41) is 47.5. The second-order valence-corrected chi connectivity index (χ2v) is 3.68. The number of aliphatic hydroxyl groups is 4. The van der Waals surface area contributed by atoms with Gasteiger partial charge in [0.05, 0.1) is 13.5 Å². The first kappa shape index (κ1) is 13.5. The molecule has 0 aromatic rings. The Balaban J connectivity index is 2.83. The molecule has 16 heavy (non-hydrogen) atoms. The summed E-state index contributed by atoms with van der Waals surface area (Å²) in [6, 6.07) is -1.52. The minimum atomic E-state index is -1.72. The molecule has 0 saturated carbocycles. The molecule has 1 heterocycles. The van der Waals surface area contributed by atoms with E-state index in [4.69, 9.17) is 9.84 Å². The summed E-state index contributed by atoms with van der Waals surface area (Å²) in [6.45, 7) is 0.378. The largest absolute Gasteiger partial charge is 0.626 e. The smallest absolute Gasteiger partial charge is 0.309 e. The van der Waals surface area contributed by atoms with Crippen molar-refractivity contribution >= 4 is 5.91 Å². The van der Waals surface area contributed by atoms with Crippen molar-refractivity contribution in [1.82, 2.24) is 0 Å². The number of quaternary nitrogens is 1. The van der Waals surface area contributed by atoms with Crippen molar-refractivity contribution in [1.29, 1.82) is 0 Å². The van der Waals surface area contributed by atoms with Gasteiger partial charge in [0.2, 0.25) is 6.29 Å². The molecule has 1 aliphatic heterocycles. The van der Waals surface area contributed by atoms with Crippen molar-refractivity contribution in [2.45, 2.75) is 37.6 Å². The predicted octanol–water partition coefficient (Wildman–Crippen LogP) is -4.28. The zero-order valence-corrected chi connectivity index (χ0v) is 8.61. The highest BCUT2D eigenvalue weighted by Gasteiger charge is 2.48. The minimum absolute atomic E-state index is 0.615. The molecule has 2 unspecified atom stereocenters. The molecule has 0 aromatic heterocycles. The lowest BCUT2D eigenvalue weighted by molar-refractivity contribution is -0.814. The summed E-state index contributed by atoms with van der Waals surface area (Å²) >= 11 is 0. The quantitative estimate of drug-likeness (QED) is 0.307. The fraction of sp³-hybridized carbons (Fsp3) is 0.875. The van der Waals surface area contributed by atoms with Gasteiger partial charge in [-0.3, -0.25) is 0 Å². The van der Waals surface area contributed by atoms with Crippen LogP contribution >= 0.6 is 0 Å². The molecule has 6 atom stereocenters. The Bertz CT molecular complexity index is 261. The lowest BCUT2D eigenvalue weighted by Crippen LogP contribution is -3.17. The molecule has 1 rings (SSSR count). The molecule has 8 heteroatoms. The summed E-state index contributed by atoms with van der Waals surface area (Å²) in [6.07, 6.45) is -6.06. The van der Waals surface area contributed by atoms with Crippen LogP contribution in [-0.4, -0.2) is 63.6 Å². The third kappa shape index (κ3) is 2.38. The van der Waals surface area contributed by atoms with Gasteiger partial charge in [-0.1, -0.05) is 0 Å². The number of aliphatic hydroxyl groups excluding tert-OH is 4. The van der Waals surface area contributed by atoms with Crippen LogP contribution in [0.25, 0.3) is 0 Å². The Morgan fingerprint density at radius 3 is 2.38 bits per heavy atom. The van der Waals surface area contributed by atoms with E-state index in [-0.39, 0.29) is 0 Å². The molecule has 1 amide bonds. The highest BCUT2D eigenvalue weighted by molar-refractivity contribution is 5.63. The molecule has 0 aromatic carbocycles. The number of ether oxygens (including phenoxy) is 1. The fourth-order valence-electron chi connectivity index (χ4n) is 1.62. The van der Waals surface area contributed by atoms with Gasteiger partial charge in [0.15, 0.2) is 6.04 Å². The number of amides is 1. The van der Waals surface area contributed by atoms with Crippen LogP contribution in [0.1, 0.15) is 6.92 Å². The van der Waals surface area contributed by atoms with E-state index in [1.807, 2.05) is 0 Å². The Morgan fingerprint density at radius 1 is 1.38 bits per heavy atom. The van der Waals surface area contributed by atoms with Crippen molar-refractivity contribution in [2.75, 3.05) is 6.61 Å². The maximum absolute atomic E-state index is 11.3. The fourth-order valence-corrected chi connectivity index (χ4v) is 1.62. The first-order chi connectivity index (χ1) is 7.40. The highest BCUT2D eigenvalue weighted by Crippen LogP contribution is 2.17. The lowest BCUT2D eigenvalue weighted by atomic mass is 9.97. The Hall–Kier alpha value is -0.610. The summed E-state index contributed by atoms with van der Waals surface area (Å²) in [5.74, 6) is -0.846. The Morgan fingerprint density at radius 2 is 1.94 bits per heavy atom. The van der Waals surface area contributed by atoms with Gasteiger partial charge in [0.25, 0.3) is 0 Å². The normalized spacial score (nSPS) is 41.8. The van der Waals surface area contributed by atoms with Crippen LogP contribution in [-0.2, 0) is 9.53 Å². The van der Waals surface area contributed by atoms with E-state index in [9.17, 15) is 25.3 Å². The first-order valence-electron chi connectivity index (χ1n) is 4.75. The van der Waals surface area contributed by atoms with Crippen LogP contribution in [0.3, 0.4) is 0 Å². The number of hydroxylamine groups is 2. The highest BCUT2D eigenvalue weighted by atomic mass is 16.6. The molecule has 1 fully saturated rings. The van der Waals surface area contributed by atoms with Crippen LogP contribution in [0.2, 0.25) is 0 Å². The number of hydrogen-bond donors (Lipinski definition) is 5. The maximum Gasteiger partial charge on any atom is 0.309 e. The average Bonchev–Trinajstić information content (AvgIpc) is 2.23. The molecule has 5 N–H and O–H groups in total. The van der Waals surface area contributed by atoms with Crippen LogP contribution in [0, 0.1) is 5.21 Å². The minimum Gasteiger partial charge on any atom is -0.626 e. The number of carbonyl (C=O) groups excluding carboxylic acids is 1. The van der Waals surface area contributed by atoms with Gasteiger partial charge in [0, 0.05) is 0 Å². The molecule has 1 saturated heterocycles. The number of nitrogens with one attached hydrogen (secondary N) is 1. The summed E-state index contributed by atoms with van der Waals surface area (Å²) in [5.41, 5.74) is 0. The zero-order chi connectivity index (χ0) is 12.5. The monoisotopic (exact) mass is 237 g/mol. The molecule has 1 aliphatic rings. The topological polar surface area (TPSA) is 135 Å². The number of hydrogen-bond acceptors (Lipinski definition) is 7. The van der Waals surface area contributed by atoms with Crippen LogP contribution in [0.5, 0.6) is 0 Å². The van der Waals surface area contributed by atoms with Crippen LogP contribution in [0.15, 0.2) is 0 Å². The van der Waals surface area contributed by atoms with Gasteiger partial charge >= 0.3 is 5.91 Å². The van der Waals surface area contributed by atoms with Gasteiger partial charge in [-0.2, -0.15) is 0 Å². The van der Waals surface area contributed by atoms with E-state index in [2.05, 4.69) is 0 Å². The number of carbonyl (C=O) groups is 1. The summed E-state index contributed by atoms with van der Waals surface area (Å²) in [7, 11) is 0. The van der Waals surface area contributed by atoms with Crippen molar-refractivity contribution in [3.8, 4) is 0 Å². The molecule has 94 valence electrons. The van der Waals surface area contributed by atoms with Crippen molar-refractivity contribution in [2.24, 2.45) is 0 Å².